The molecule has 1 heteroatoms. The highest BCUT2D eigenvalue weighted by atomic mass is 13.8. The van der Waals surface area contributed by atoms with Gasteiger partial charge < -0.3 is 0 Å². The molecular formula is C3HB. The molecule has 1 aliphatic rings. The Bertz CT molecular complexity index is 85.5. The van der Waals surface area contributed by atoms with Crippen molar-refractivity contribution >= 4 is 7.85 Å². The Kier molecular flexibility index (Phi) is 0.144. The van der Waals surface area contributed by atoms with Crippen LogP contribution in [0.25, 0.3) is 0 Å². The maximum Gasteiger partial charge on any atom is 0.126 e. The molecule has 1 aliphatic carbocycles. The Balaban J connectivity index is 2.75. The normalized spacial score (nSPS) is 15.5. The second-order valence-corrected chi connectivity index (χ2v) is 0.744. The lowest BCUT2D eigenvalue weighted by Crippen LogP contribution is -1.45. The third-order valence-electron chi connectivity index (χ3n) is 0.311. The summed E-state index contributed by atoms with van der Waals surface area (Å²) in [4.78, 5) is 0. The summed E-state index contributed by atoms with van der Waals surface area (Å²) in [6.07, 6.45) is 1.74. The van der Waals surface area contributed by atoms with Crippen molar-refractivity contribution in [2.24, 2.45) is 0 Å². The second-order valence-electron chi connectivity index (χ2n) is 0.744. The van der Waals surface area contributed by atoms with Gasteiger partial charge in [-0.1, -0.05) is 0 Å². The summed E-state index contributed by atoms with van der Waals surface area (Å²) in [6, 6.07) is 0. The SMILES string of the molecule is [B]C1=C=C1. The molecule has 0 spiro atoms. The van der Waals surface area contributed by atoms with E-state index in [0.29, 0.717) is 0 Å². The quantitative estimate of drug-likeness (QED) is 0.271. The van der Waals surface area contributed by atoms with Gasteiger partial charge in [-0.25, -0.2) is 0 Å². The molecule has 0 nitrogen and oxygen atoms in total. The van der Waals surface area contributed by atoms with Crippen LogP contribution in [0.5, 0.6) is 0 Å². The van der Waals surface area contributed by atoms with Crippen LogP contribution in [0.15, 0.2) is 17.3 Å². The molecule has 0 saturated heterocycles. The summed E-state index contributed by atoms with van der Waals surface area (Å²) in [5, 5.41) is 0. The van der Waals surface area contributed by atoms with Gasteiger partial charge in [0, 0.05) is 0 Å². The zero-order valence-corrected chi connectivity index (χ0v) is 2.15. The lowest BCUT2D eigenvalue weighted by Gasteiger charge is -1.44. The molecule has 0 saturated carbocycles. The van der Waals surface area contributed by atoms with Crippen molar-refractivity contribution in [2.75, 3.05) is 0 Å². The Morgan fingerprint density at radius 1 is 2.00 bits per heavy atom. The van der Waals surface area contributed by atoms with Crippen LogP contribution in [0.1, 0.15) is 0 Å². The molecule has 0 heterocycles. The molecule has 0 N–H and O–H groups in total. The van der Waals surface area contributed by atoms with Crippen LogP contribution in [-0.2, 0) is 0 Å². The highest BCUT2D eigenvalue weighted by Crippen LogP contribution is 1.95. The summed E-state index contributed by atoms with van der Waals surface area (Å²) in [5.41, 5.74) is 3.46. The third-order valence-corrected chi connectivity index (χ3v) is 0.311. The lowest BCUT2D eigenvalue weighted by molar-refractivity contribution is 2.35. The smallest absolute Gasteiger partial charge is 0.126 e. The minimum absolute atomic E-state index is 0.792. The zero-order valence-electron chi connectivity index (χ0n) is 2.15. The van der Waals surface area contributed by atoms with Crippen molar-refractivity contribution in [3.63, 3.8) is 0 Å². The highest BCUT2D eigenvalue weighted by molar-refractivity contribution is 6.25. The van der Waals surface area contributed by atoms with Crippen LogP contribution in [0.2, 0.25) is 0 Å². The van der Waals surface area contributed by atoms with E-state index in [1.54, 1.807) is 6.08 Å². The van der Waals surface area contributed by atoms with Crippen molar-refractivity contribution in [1.82, 2.24) is 0 Å². The fourth-order valence-electron chi connectivity index (χ4n) is 0.0417. The molecule has 0 amide bonds. The van der Waals surface area contributed by atoms with Crippen LogP contribution in [-0.4, -0.2) is 7.85 Å². The van der Waals surface area contributed by atoms with E-state index in [0.717, 1.165) is 5.47 Å². The van der Waals surface area contributed by atoms with Crippen LogP contribution >= 0.6 is 0 Å². The van der Waals surface area contributed by atoms with E-state index in [-0.39, 0.29) is 0 Å². The van der Waals surface area contributed by atoms with Crippen LogP contribution in [0, 0.1) is 0 Å². The van der Waals surface area contributed by atoms with E-state index in [4.69, 9.17) is 7.85 Å². The summed E-state index contributed by atoms with van der Waals surface area (Å²) >= 11 is 0. The number of hydrogen-bond acceptors (Lipinski definition) is 0. The average Bonchev–Trinajstić information content (AvgIpc) is 1.75. The lowest BCUT2D eigenvalue weighted by atomic mass is 10.1. The fraction of sp³-hybridized carbons (Fsp3) is 0. The molecule has 0 aliphatic heterocycles. The average molecular weight is 47.9 g/mol. The number of allylic oxidation sites excluding steroid dienone is 1. The molecular weight excluding hydrogens is 46.8 g/mol. The van der Waals surface area contributed by atoms with Gasteiger partial charge in [0.05, 0.1) is 0 Å². The first kappa shape index (κ1) is 1.86. The molecule has 2 radical (unpaired) electrons. The molecule has 0 unspecified atom stereocenters. The fourth-order valence-corrected chi connectivity index (χ4v) is 0.0417. The predicted molar refractivity (Wildman–Crippen MR) is 17.3 cm³/mol. The van der Waals surface area contributed by atoms with Gasteiger partial charge in [-0.15, -0.1) is 5.73 Å². The Morgan fingerprint density at radius 3 is 2.25 bits per heavy atom. The Hall–Kier alpha value is -0.415. The van der Waals surface area contributed by atoms with E-state index < -0.39 is 0 Å². The first-order chi connectivity index (χ1) is 1.89. The molecule has 1 rings (SSSR count). The molecule has 0 bridgehead atoms. The minimum Gasteiger partial charge on any atom is -0.128 e. The number of hydrogen-bond donors (Lipinski definition) is 0. The molecule has 0 aromatic heterocycles. The molecule has 16 valence electrons. The summed E-state index contributed by atoms with van der Waals surface area (Å²) in [7, 11) is 4.97. The van der Waals surface area contributed by atoms with Gasteiger partial charge in [-0.2, -0.15) is 0 Å². The minimum atomic E-state index is 0.792. The molecule has 0 atom stereocenters. The van der Waals surface area contributed by atoms with E-state index in [1.807, 2.05) is 0 Å². The van der Waals surface area contributed by atoms with Gasteiger partial charge in [0.25, 0.3) is 0 Å². The molecule has 0 aromatic rings. The van der Waals surface area contributed by atoms with Crippen molar-refractivity contribution < 1.29 is 0 Å². The topological polar surface area (TPSA) is 0 Å². The van der Waals surface area contributed by atoms with Gasteiger partial charge in [0.15, 0.2) is 0 Å². The largest absolute Gasteiger partial charge is 0.128 e. The van der Waals surface area contributed by atoms with E-state index in [2.05, 4.69) is 5.73 Å². The van der Waals surface area contributed by atoms with Gasteiger partial charge in [-0.05, 0) is 11.5 Å². The maximum atomic E-state index is 4.97. The molecule has 0 aromatic carbocycles. The Labute approximate surface area is 26.2 Å². The van der Waals surface area contributed by atoms with Gasteiger partial charge in [0.2, 0.25) is 0 Å². The predicted octanol–water partition coefficient (Wildman–Crippen LogP) is 0.207. The van der Waals surface area contributed by atoms with Gasteiger partial charge >= 0.3 is 0 Å². The molecule has 0 fully saturated rings. The van der Waals surface area contributed by atoms with Crippen LogP contribution < -0.4 is 0 Å². The van der Waals surface area contributed by atoms with Gasteiger partial charge in [0.1, 0.15) is 7.85 Å². The van der Waals surface area contributed by atoms with E-state index >= 15 is 0 Å². The first-order valence-corrected chi connectivity index (χ1v) is 1.12. The summed E-state index contributed by atoms with van der Waals surface area (Å²) < 4.78 is 0. The van der Waals surface area contributed by atoms with Gasteiger partial charge in [-0.3, -0.25) is 0 Å². The second kappa shape index (κ2) is 0.309. The van der Waals surface area contributed by atoms with Crippen molar-refractivity contribution in [1.29, 1.82) is 0 Å². The first-order valence-electron chi connectivity index (χ1n) is 1.12. The Morgan fingerprint density at radius 2 is 2.25 bits per heavy atom. The van der Waals surface area contributed by atoms with Crippen molar-refractivity contribution in [2.45, 2.75) is 0 Å². The zero-order chi connectivity index (χ0) is 2.99. The standard InChI is InChI=1S/C3HB/c4-3-1-2-3/h1H. The van der Waals surface area contributed by atoms with Crippen molar-refractivity contribution in [3.05, 3.63) is 17.3 Å². The maximum absolute atomic E-state index is 4.97. The van der Waals surface area contributed by atoms with Crippen molar-refractivity contribution in [3.8, 4) is 0 Å². The van der Waals surface area contributed by atoms with E-state index in [1.165, 1.54) is 0 Å². The third kappa shape index (κ3) is 0.0812. The van der Waals surface area contributed by atoms with E-state index in [9.17, 15) is 0 Å². The summed E-state index contributed by atoms with van der Waals surface area (Å²) in [5.74, 6) is 0. The number of rotatable bonds is 0. The molecule has 4 heavy (non-hydrogen) atoms. The van der Waals surface area contributed by atoms with Crippen LogP contribution in [0.4, 0.5) is 0 Å². The van der Waals surface area contributed by atoms with Crippen LogP contribution in [0.3, 0.4) is 0 Å². The monoisotopic (exact) mass is 48.0 g/mol. The summed E-state index contributed by atoms with van der Waals surface area (Å²) in [6.45, 7) is 0. The highest BCUT2D eigenvalue weighted by Gasteiger charge is 1.81.